The number of piperidine rings is 1. The van der Waals surface area contributed by atoms with Crippen molar-refractivity contribution in [3.05, 3.63) is 40.9 Å². The summed E-state index contributed by atoms with van der Waals surface area (Å²) in [6.45, 7) is 1.69. The Bertz CT molecular complexity index is 953. The third-order valence-corrected chi connectivity index (χ3v) is 4.33. The van der Waals surface area contributed by atoms with E-state index in [1.807, 2.05) is 18.2 Å². The standard InChI is InChI=1S/C17H18N4O3/c22-14(20-11-4-3-7-18-8-11)9-21-10-19-15-12-5-1-2-6-13(12)24-16(15)17(21)23/h1-2,5-6,10-11,18H,3-4,7-9H2,(H,20,22). The molecule has 2 N–H and O–H groups in total. The fraction of sp³-hybridized carbons (Fsp3) is 0.353. The minimum atomic E-state index is -0.340. The van der Waals surface area contributed by atoms with Crippen molar-refractivity contribution in [2.24, 2.45) is 0 Å². The average Bonchev–Trinajstić information content (AvgIpc) is 2.98. The van der Waals surface area contributed by atoms with E-state index in [1.54, 1.807) is 6.07 Å². The molecule has 7 nitrogen and oxygen atoms in total. The Balaban J connectivity index is 1.60. The Hall–Kier alpha value is -2.67. The van der Waals surface area contributed by atoms with E-state index in [4.69, 9.17) is 4.42 Å². The van der Waals surface area contributed by atoms with Crippen molar-refractivity contribution in [2.75, 3.05) is 13.1 Å². The fourth-order valence-electron chi connectivity index (χ4n) is 3.13. The van der Waals surface area contributed by atoms with Crippen molar-refractivity contribution in [3.8, 4) is 0 Å². The molecule has 1 saturated heterocycles. The van der Waals surface area contributed by atoms with Crippen LogP contribution in [-0.4, -0.2) is 34.6 Å². The van der Waals surface area contributed by atoms with E-state index < -0.39 is 0 Å². The van der Waals surface area contributed by atoms with Crippen molar-refractivity contribution >= 4 is 28.0 Å². The van der Waals surface area contributed by atoms with Gasteiger partial charge in [0.25, 0.3) is 5.56 Å². The monoisotopic (exact) mass is 326 g/mol. The molecule has 3 heterocycles. The van der Waals surface area contributed by atoms with E-state index in [2.05, 4.69) is 15.6 Å². The van der Waals surface area contributed by atoms with Crippen LogP contribution in [0.5, 0.6) is 0 Å². The summed E-state index contributed by atoms with van der Waals surface area (Å²) in [5, 5.41) is 6.99. The number of hydrogen-bond donors (Lipinski definition) is 2. The third-order valence-electron chi connectivity index (χ3n) is 4.33. The van der Waals surface area contributed by atoms with E-state index in [-0.39, 0.29) is 29.6 Å². The van der Waals surface area contributed by atoms with E-state index in [1.165, 1.54) is 10.9 Å². The van der Waals surface area contributed by atoms with Gasteiger partial charge in [0.05, 0.1) is 6.33 Å². The summed E-state index contributed by atoms with van der Waals surface area (Å²) in [4.78, 5) is 29.1. The minimum Gasteiger partial charge on any atom is -0.448 e. The van der Waals surface area contributed by atoms with E-state index >= 15 is 0 Å². The highest BCUT2D eigenvalue weighted by Gasteiger charge is 2.17. The first kappa shape index (κ1) is 14.9. The van der Waals surface area contributed by atoms with Crippen LogP contribution in [-0.2, 0) is 11.3 Å². The molecule has 2 aromatic heterocycles. The van der Waals surface area contributed by atoms with Gasteiger partial charge in [-0.15, -0.1) is 0 Å². The summed E-state index contributed by atoms with van der Waals surface area (Å²) in [5.41, 5.74) is 0.996. The predicted molar refractivity (Wildman–Crippen MR) is 89.8 cm³/mol. The number of hydrogen-bond acceptors (Lipinski definition) is 5. The van der Waals surface area contributed by atoms with Crippen LogP contribution < -0.4 is 16.2 Å². The first-order valence-corrected chi connectivity index (χ1v) is 8.09. The maximum atomic E-state index is 12.6. The van der Waals surface area contributed by atoms with Crippen LogP contribution in [0.4, 0.5) is 0 Å². The molecule has 1 aromatic carbocycles. The largest absolute Gasteiger partial charge is 0.448 e. The van der Waals surface area contributed by atoms with Gasteiger partial charge < -0.3 is 15.1 Å². The van der Waals surface area contributed by atoms with Crippen LogP contribution in [0, 0.1) is 0 Å². The van der Waals surface area contributed by atoms with Crippen molar-refractivity contribution in [2.45, 2.75) is 25.4 Å². The molecule has 7 heteroatoms. The zero-order chi connectivity index (χ0) is 16.5. The number of furan rings is 1. The third kappa shape index (κ3) is 2.67. The summed E-state index contributed by atoms with van der Waals surface area (Å²) < 4.78 is 6.91. The van der Waals surface area contributed by atoms with Gasteiger partial charge in [0.2, 0.25) is 11.5 Å². The molecule has 1 aliphatic rings. The molecule has 1 aliphatic heterocycles. The Morgan fingerprint density at radius 1 is 1.42 bits per heavy atom. The summed E-state index contributed by atoms with van der Waals surface area (Å²) >= 11 is 0. The smallest absolute Gasteiger partial charge is 0.297 e. The van der Waals surface area contributed by atoms with Gasteiger partial charge in [-0.05, 0) is 31.5 Å². The summed E-state index contributed by atoms with van der Waals surface area (Å²) in [7, 11) is 0. The molecular weight excluding hydrogens is 308 g/mol. The second-order valence-electron chi connectivity index (χ2n) is 6.06. The molecular formula is C17H18N4O3. The van der Waals surface area contributed by atoms with Crippen LogP contribution in [0.15, 0.2) is 39.8 Å². The van der Waals surface area contributed by atoms with Crippen LogP contribution in [0.1, 0.15) is 12.8 Å². The van der Waals surface area contributed by atoms with Gasteiger partial charge >= 0.3 is 0 Å². The van der Waals surface area contributed by atoms with Gasteiger partial charge in [-0.3, -0.25) is 14.2 Å². The van der Waals surface area contributed by atoms with Crippen molar-refractivity contribution in [1.82, 2.24) is 20.2 Å². The average molecular weight is 326 g/mol. The topological polar surface area (TPSA) is 89.2 Å². The molecule has 1 atom stereocenters. The van der Waals surface area contributed by atoms with E-state index in [0.29, 0.717) is 11.1 Å². The zero-order valence-corrected chi connectivity index (χ0v) is 13.1. The molecule has 124 valence electrons. The normalized spacial score (nSPS) is 18.1. The Morgan fingerprint density at radius 2 is 2.29 bits per heavy atom. The number of aromatic nitrogens is 2. The number of carbonyl (C=O) groups excluding carboxylic acids is 1. The highest BCUT2D eigenvalue weighted by molar-refractivity contribution is 6.01. The first-order valence-electron chi connectivity index (χ1n) is 8.09. The molecule has 0 aliphatic carbocycles. The number of nitrogens with one attached hydrogen (secondary N) is 2. The molecule has 1 unspecified atom stereocenters. The lowest BCUT2D eigenvalue weighted by Gasteiger charge is -2.23. The van der Waals surface area contributed by atoms with Gasteiger partial charge in [-0.25, -0.2) is 4.98 Å². The number of amides is 1. The van der Waals surface area contributed by atoms with Crippen LogP contribution in [0.3, 0.4) is 0 Å². The lowest BCUT2D eigenvalue weighted by atomic mass is 10.1. The van der Waals surface area contributed by atoms with Crippen LogP contribution in [0.2, 0.25) is 0 Å². The van der Waals surface area contributed by atoms with Crippen molar-refractivity contribution < 1.29 is 9.21 Å². The highest BCUT2D eigenvalue weighted by atomic mass is 16.3. The molecule has 0 radical (unpaired) electrons. The summed E-state index contributed by atoms with van der Waals surface area (Å²) in [5.74, 6) is -0.192. The number of nitrogens with zero attached hydrogens (tertiary/aromatic N) is 2. The fourth-order valence-corrected chi connectivity index (χ4v) is 3.13. The quantitative estimate of drug-likeness (QED) is 0.750. The first-order chi connectivity index (χ1) is 11.7. The number of para-hydroxylation sites is 1. The minimum absolute atomic E-state index is 0.0602. The van der Waals surface area contributed by atoms with Gasteiger partial charge in [-0.2, -0.15) is 0 Å². The Kier molecular flexibility index (Phi) is 3.78. The number of rotatable bonds is 3. The van der Waals surface area contributed by atoms with E-state index in [0.717, 1.165) is 31.3 Å². The SMILES string of the molecule is O=C(Cn1cnc2c(oc3ccccc32)c1=O)NC1CCCNC1. The molecule has 1 fully saturated rings. The summed E-state index contributed by atoms with van der Waals surface area (Å²) in [6, 6.07) is 7.49. The highest BCUT2D eigenvalue weighted by Crippen LogP contribution is 2.23. The number of benzene rings is 1. The second kappa shape index (κ2) is 6.09. The zero-order valence-electron chi connectivity index (χ0n) is 13.1. The molecule has 3 aromatic rings. The maximum absolute atomic E-state index is 12.6. The van der Waals surface area contributed by atoms with E-state index in [9.17, 15) is 9.59 Å². The second-order valence-corrected chi connectivity index (χ2v) is 6.06. The summed E-state index contributed by atoms with van der Waals surface area (Å²) in [6.07, 6.45) is 3.40. The Morgan fingerprint density at radius 3 is 3.12 bits per heavy atom. The van der Waals surface area contributed by atoms with Crippen molar-refractivity contribution in [1.29, 1.82) is 0 Å². The molecule has 1 amide bonds. The van der Waals surface area contributed by atoms with Gasteiger partial charge in [0, 0.05) is 18.0 Å². The lowest BCUT2D eigenvalue weighted by Crippen LogP contribution is -2.47. The lowest BCUT2D eigenvalue weighted by molar-refractivity contribution is -0.122. The molecule has 4 rings (SSSR count). The van der Waals surface area contributed by atoms with Gasteiger partial charge in [-0.1, -0.05) is 12.1 Å². The van der Waals surface area contributed by atoms with Crippen LogP contribution in [0.25, 0.3) is 22.1 Å². The molecule has 0 saturated carbocycles. The molecule has 24 heavy (non-hydrogen) atoms. The number of fused-ring (bicyclic) bond motifs is 3. The number of carbonyl (C=O) groups is 1. The molecule has 0 bridgehead atoms. The van der Waals surface area contributed by atoms with Crippen molar-refractivity contribution in [3.63, 3.8) is 0 Å². The van der Waals surface area contributed by atoms with Crippen LogP contribution >= 0.6 is 0 Å². The predicted octanol–water partition coefficient (Wildman–Crippen LogP) is 1.01. The molecule has 0 spiro atoms. The van der Waals surface area contributed by atoms with Gasteiger partial charge in [0.15, 0.2) is 0 Å². The maximum Gasteiger partial charge on any atom is 0.297 e. The Labute approximate surface area is 137 Å². The van der Waals surface area contributed by atoms with Gasteiger partial charge in [0.1, 0.15) is 17.6 Å².